The second kappa shape index (κ2) is 22.3. The Hall–Kier alpha value is -2.94. The van der Waals surface area contributed by atoms with Gasteiger partial charge in [-0.05, 0) is 11.1 Å². The molecular formula is C21H22FeN7O2S2+. The third-order valence-electron chi connectivity index (χ3n) is 3.41. The van der Waals surface area contributed by atoms with Gasteiger partial charge in [-0.25, -0.2) is 0 Å². The maximum atomic E-state index is 8.81. The molecule has 1 aliphatic heterocycles. The second-order valence-corrected chi connectivity index (χ2v) is 6.04. The van der Waals surface area contributed by atoms with Crippen LogP contribution in [-0.2, 0) is 17.1 Å². The second-order valence-electron chi connectivity index (χ2n) is 5.67. The molecule has 12 heteroatoms. The Bertz CT molecular complexity index is 886. The van der Waals surface area contributed by atoms with E-state index >= 15 is 0 Å². The summed E-state index contributed by atoms with van der Waals surface area (Å²) in [6.45, 7) is 3.24. The summed E-state index contributed by atoms with van der Waals surface area (Å²) in [5.41, 5.74) is 3.92. The first-order chi connectivity index (χ1) is 15.5. The summed E-state index contributed by atoms with van der Waals surface area (Å²) in [6.07, 6.45) is 3.81. The SMILES string of the molecule is C1=NCCNCCN=Cc2ccccc2[N-]c2ccccc21.C[N+](=O)[O-].[Fe+4].[N-]=C=S.[N-]=C=S. The molecule has 9 nitrogen and oxygen atoms in total. The summed E-state index contributed by atoms with van der Waals surface area (Å²) >= 11 is 7.40. The zero-order valence-corrected chi connectivity index (χ0v) is 20.5. The van der Waals surface area contributed by atoms with E-state index in [9.17, 15) is 0 Å². The molecule has 0 fully saturated rings. The molecule has 0 saturated carbocycles. The van der Waals surface area contributed by atoms with E-state index in [0.717, 1.165) is 55.7 Å². The number of thiocarbonyl (C=S) groups is 2. The molecule has 33 heavy (non-hydrogen) atoms. The van der Waals surface area contributed by atoms with Gasteiger partial charge in [-0.1, -0.05) is 73.0 Å². The van der Waals surface area contributed by atoms with Gasteiger partial charge in [-0.2, -0.15) is 10.3 Å². The minimum Gasteiger partial charge on any atom is -0.753 e. The Morgan fingerprint density at radius 3 is 1.64 bits per heavy atom. The number of nitro groups is 1. The fourth-order valence-electron chi connectivity index (χ4n) is 2.26. The van der Waals surface area contributed by atoms with Crippen LogP contribution in [0.15, 0.2) is 58.5 Å². The summed E-state index contributed by atoms with van der Waals surface area (Å²) in [6, 6.07) is 16.1. The van der Waals surface area contributed by atoms with Crippen molar-refractivity contribution in [1.82, 2.24) is 5.32 Å². The molecule has 2 aromatic carbocycles. The molecule has 0 amide bonds. The van der Waals surface area contributed by atoms with Gasteiger partial charge in [-0.15, -0.1) is 11.4 Å². The first kappa shape index (κ1) is 32.2. The van der Waals surface area contributed by atoms with Crippen LogP contribution in [0.2, 0.25) is 0 Å². The van der Waals surface area contributed by atoms with Gasteiger partial charge in [0, 0.05) is 30.4 Å². The third-order valence-corrected chi connectivity index (χ3v) is 3.41. The van der Waals surface area contributed by atoms with E-state index in [2.05, 4.69) is 39.7 Å². The first-order valence-corrected chi connectivity index (χ1v) is 10.0. The molecular weight excluding hydrogens is 502 g/mol. The summed E-state index contributed by atoms with van der Waals surface area (Å²) in [5, 5.41) is 33.9. The van der Waals surface area contributed by atoms with Crippen molar-refractivity contribution in [3.8, 4) is 0 Å². The number of benzene rings is 2. The van der Waals surface area contributed by atoms with E-state index in [1.165, 1.54) is 10.3 Å². The van der Waals surface area contributed by atoms with Gasteiger partial charge in [0.15, 0.2) is 7.05 Å². The number of isothiocyanates is 2. The van der Waals surface area contributed by atoms with E-state index in [0.29, 0.717) is 0 Å². The Balaban J connectivity index is 0. The van der Waals surface area contributed by atoms with Gasteiger partial charge in [0.1, 0.15) is 0 Å². The molecule has 0 aliphatic carbocycles. The molecule has 3 rings (SSSR count). The minimum absolute atomic E-state index is 0. The number of nitrogens with one attached hydrogen (secondary N) is 1. The molecule has 0 bridgehead atoms. The van der Waals surface area contributed by atoms with Gasteiger partial charge in [0.2, 0.25) is 0 Å². The number of aliphatic imine (C=N–C) groups is 2. The number of hydrogen-bond acceptors (Lipinski definition) is 7. The molecule has 0 aromatic heterocycles. The van der Waals surface area contributed by atoms with Crippen molar-refractivity contribution in [2.24, 2.45) is 9.98 Å². The van der Waals surface area contributed by atoms with Crippen molar-refractivity contribution in [3.05, 3.63) is 85.9 Å². The molecule has 0 saturated heterocycles. The van der Waals surface area contributed by atoms with Gasteiger partial charge < -0.3 is 21.5 Å². The number of para-hydroxylation sites is 2. The van der Waals surface area contributed by atoms with Crippen LogP contribution in [0.5, 0.6) is 0 Å². The molecule has 1 heterocycles. The van der Waals surface area contributed by atoms with E-state index in [4.69, 9.17) is 26.2 Å². The predicted octanol–water partition coefficient (Wildman–Crippen LogP) is 4.67. The van der Waals surface area contributed by atoms with E-state index in [-0.39, 0.29) is 17.1 Å². The van der Waals surface area contributed by atoms with E-state index < -0.39 is 4.92 Å². The average molecular weight is 524 g/mol. The molecule has 172 valence electrons. The van der Waals surface area contributed by atoms with E-state index in [1.807, 2.05) is 61.0 Å². The van der Waals surface area contributed by atoms with Crippen molar-refractivity contribution in [3.63, 3.8) is 0 Å². The Labute approximate surface area is 214 Å². The van der Waals surface area contributed by atoms with E-state index in [1.54, 1.807) is 0 Å². The number of fused-ring (bicyclic) bond motifs is 2. The minimum atomic E-state index is -0.500. The summed E-state index contributed by atoms with van der Waals surface area (Å²) in [4.78, 5) is 17.2. The molecule has 1 aliphatic rings. The average Bonchev–Trinajstić information content (AvgIpc) is 2.75. The molecule has 0 atom stereocenters. The number of nitrogens with zero attached hydrogens (tertiary/aromatic N) is 6. The largest absolute Gasteiger partial charge is 4.00 e. The van der Waals surface area contributed by atoms with Gasteiger partial charge in [-0.3, -0.25) is 20.1 Å². The summed E-state index contributed by atoms with van der Waals surface area (Å²) < 4.78 is 0. The van der Waals surface area contributed by atoms with Crippen molar-refractivity contribution in [2.45, 2.75) is 0 Å². The van der Waals surface area contributed by atoms with Gasteiger partial charge >= 0.3 is 17.1 Å². The maximum absolute atomic E-state index is 8.81. The van der Waals surface area contributed by atoms with Crippen LogP contribution in [0.1, 0.15) is 11.1 Å². The number of hydrogen-bond donors (Lipinski definition) is 1. The van der Waals surface area contributed by atoms with Crippen molar-refractivity contribution < 1.29 is 22.0 Å². The van der Waals surface area contributed by atoms with Crippen LogP contribution >= 0.6 is 24.4 Å². The predicted molar refractivity (Wildman–Crippen MR) is 138 cm³/mol. The zero-order valence-electron chi connectivity index (χ0n) is 17.8. The zero-order chi connectivity index (χ0) is 24.0. The number of rotatable bonds is 0. The molecule has 0 radical (unpaired) electrons. The van der Waals surface area contributed by atoms with Crippen molar-refractivity contribution in [2.75, 3.05) is 33.2 Å². The first-order valence-electron chi connectivity index (χ1n) is 9.20. The molecule has 1 N–H and O–H groups in total. The fourth-order valence-corrected chi connectivity index (χ4v) is 2.26. The van der Waals surface area contributed by atoms with Crippen LogP contribution < -0.4 is 5.32 Å². The Kier molecular flexibility index (Phi) is 21.7. The Morgan fingerprint density at radius 1 is 0.939 bits per heavy atom. The quantitative estimate of drug-likeness (QED) is 0.175. The standard InChI is InChI=1S/C18H19N4.CH3NO2.2CNS.Fe/c1-3-7-17-15(5-1)13-20-11-9-19-10-12-21-14-16-6-2-4-8-18(16)22-17;1-2(3)4;2*2-1-3;/h1-8,13-14,19H,9-12H2;1H3;;;/q-1;;2*-1;+4. The molecule has 2 aromatic rings. The normalized spacial score (nSPS) is 11.4. The topological polar surface area (TPSA) is 139 Å². The summed E-state index contributed by atoms with van der Waals surface area (Å²) in [7, 11) is 0.889. The smallest absolute Gasteiger partial charge is 0.753 e. The Morgan fingerprint density at radius 2 is 1.27 bits per heavy atom. The van der Waals surface area contributed by atoms with Crippen LogP contribution in [0.4, 0.5) is 11.4 Å². The van der Waals surface area contributed by atoms with Crippen LogP contribution in [0.3, 0.4) is 0 Å². The monoisotopic (exact) mass is 524 g/mol. The van der Waals surface area contributed by atoms with Crippen molar-refractivity contribution in [1.29, 1.82) is 0 Å². The van der Waals surface area contributed by atoms with Crippen molar-refractivity contribution >= 4 is 58.6 Å². The fraction of sp³-hybridized carbons (Fsp3) is 0.238. The van der Waals surface area contributed by atoms with Crippen LogP contribution in [0, 0.1) is 10.1 Å². The third kappa shape index (κ3) is 17.3. The maximum Gasteiger partial charge on any atom is 4.00 e. The van der Waals surface area contributed by atoms with Crippen LogP contribution in [-0.4, -0.2) is 60.9 Å². The van der Waals surface area contributed by atoms with Gasteiger partial charge in [0.25, 0.3) is 0 Å². The summed E-state index contributed by atoms with van der Waals surface area (Å²) in [5.74, 6) is 0. The molecule has 0 spiro atoms. The van der Waals surface area contributed by atoms with Gasteiger partial charge in [0.05, 0.1) is 13.1 Å². The molecule has 0 unspecified atom stereocenters. The van der Waals surface area contributed by atoms with Crippen LogP contribution in [0.25, 0.3) is 16.1 Å².